The number of nitrogens with zero attached hydrogens (tertiary/aromatic N) is 2. The molecule has 146 valence electrons. The van der Waals surface area contributed by atoms with E-state index >= 15 is 0 Å². The summed E-state index contributed by atoms with van der Waals surface area (Å²) in [5, 5.41) is 7.60. The maximum Gasteiger partial charge on any atom is 0.191 e. The molecule has 0 amide bonds. The summed E-state index contributed by atoms with van der Waals surface area (Å²) in [5.41, 5.74) is 2.27. The molecular formula is C20H26ClIN4O. The van der Waals surface area contributed by atoms with E-state index in [4.69, 9.17) is 16.3 Å². The number of benzene rings is 2. The molecule has 27 heavy (non-hydrogen) atoms. The molecule has 1 unspecified atom stereocenters. The zero-order chi connectivity index (χ0) is 18.4. The summed E-state index contributed by atoms with van der Waals surface area (Å²) >= 11 is 6.17. The fourth-order valence-corrected chi connectivity index (χ4v) is 3.34. The number of guanidine groups is 1. The second kappa shape index (κ2) is 10.6. The topological polar surface area (TPSA) is 48.9 Å². The Morgan fingerprint density at radius 3 is 2.74 bits per heavy atom. The highest BCUT2D eigenvalue weighted by Gasteiger charge is 2.25. The highest BCUT2D eigenvalue weighted by molar-refractivity contribution is 14.0. The summed E-state index contributed by atoms with van der Waals surface area (Å²) in [5.74, 6) is 1.67. The zero-order valence-corrected chi connectivity index (χ0v) is 18.7. The molecule has 0 saturated carbocycles. The van der Waals surface area contributed by atoms with Gasteiger partial charge >= 0.3 is 0 Å². The minimum atomic E-state index is 0. The largest absolute Gasteiger partial charge is 0.495 e. The highest BCUT2D eigenvalue weighted by atomic mass is 127. The Hall–Kier alpha value is -1.67. The summed E-state index contributed by atoms with van der Waals surface area (Å²) in [6.45, 7) is 2.58. The Kier molecular flexibility index (Phi) is 8.50. The second-order valence-electron chi connectivity index (χ2n) is 6.30. The van der Waals surface area contributed by atoms with Crippen molar-refractivity contribution in [1.82, 2.24) is 10.6 Å². The lowest BCUT2D eigenvalue weighted by Crippen LogP contribution is -2.44. The fraction of sp³-hybridized carbons (Fsp3) is 0.350. The van der Waals surface area contributed by atoms with Gasteiger partial charge < -0.3 is 20.3 Å². The monoisotopic (exact) mass is 500 g/mol. The van der Waals surface area contributed by atoms with Crippen LogP contribution in [0.25, 0.3) is 0 Å². The van der Waals surface area contributed by atoms with Crippen LogP contribution in [-0.4, -0.2) is 39.2 Å². The van der Waals surface area contributed by atoms with E-state index in [0.29, 0.717) is 6.04 Å². The van der Waals surface area contributed by atoms with Crippen LogP contribution in [0.15, 0.2) is 53.5 Å². The molecule has 7 heteroatoms. The molecule has 1 aliphatic rings. The molecule has 0 aromatic heterocycles. The van der Waals surface area contributed by atoms with E-state index in [-0.39, 0.29) is 24.0 Å². The summed E-state index contributed by atoms with van der Waals surface area (Å²) in [7, 11) is 3.49. The molecule has 1 aliphatic heterocycles. The van der Waals surface area contributed by atoms with Gasteiger partial charge in [-0.1, -0.05) is 41.9 Å². The van der Waals surface area contributed by atoms with Crippen molar-refractivity contribution in [1.29, 1.82) is 0 Å². The molecule has 1 fully saturated rings. The van der Waals surface area contributed by atoms with Gasteiger partial charge in [-0.2, -0.15) is 0 Å². The van der Waals surface area contributed by atoms with Crippen LogP contribution in [0.3, 0.4) is 0 Å². The summed E-state index contributed by atoms with van der Waals surface area (Å²) in [6, 6.07) is 16.4. The molecule has 2 N–H and O–H groups in total. The molecule has 2 aromatic carbocycles. The van der Waals surface area contributed by atoms with Crippen LogP contribution in [0.2, 0.25) is 5.02 Å². The normalized spacial score (nSPS) is 16.6. The first kappa shape index (κ1) is 21.6. The van der Waals surface area contributed by atoms with E-state index < -0.39 is 0 Å². The highest BCUT2D eigenvalue weighted by Crippen LogP contribution is 2.33. The smallest absolute Gasteiger partial charge is 0.191 e. The number of aliphatic imine (C=N–C) groups is 1. The summed E-state index contributed by atoms with van der Waals surface area (Å²) in [6.07, 6.45) is 1.03. The number of anilines is 1. The molecule has 2 aromatic rings. The number of ether oxygens (including phenoxy) is 1. The average Bonchev–Trinajstić information content (AvgIpc) is 3.14. The van der Waals surface area contributed by atoms with Crippen molar-refractivity contribution in [2.45, 2.75) is 19.0 Å². The van der Waals surface area contributed by atoms with E-state index in [1.807, 2.05) is 36.4 Å². The van der Waals surface area contributed by atoms with E-state index in [1.165, 1.54) is 5.56 Å². The predicted molar refractivity (Wildman–Crippen MR) is 124 cm³/mol. The van der Waals surface area contributed by atoms with Gasteiger partial charge in [-0.15, -0.1) is 24.0 Å². The Labute approximate surface area is 183 Å². The lowest BCUT2D eigenvalue weighted by Gasteiger charge is -2.22. The molecule has 1 atom stereocenters. The molecule has 0 spiro atoms. The van der Waals surface area contributed by atoms with Crippen molar-refractivity contribution in [3.63, 3.8) is 0 Å². The van der Waals surface area contributed by atoms with Gasteiger partial charge in [0.15, 0.2) is 5.96 Å². The maximum atomic E-state index is 6.17. The van der Waals surface area contributed by atoms with Gasteiger partial charge in [-0.25, -0.2) is 0 Å². The number of halogens is 2. The zero-order valence-electron chi connectivity index (χ0n) is 15.6. The average molecular weight is 501 g/mol. The van der Waals surface area contributed by atoms with Gasteiger partial charge in [-0.3, -0.25) is 4.99 Å². The van der Waals surface area contributed by atoms with Gasteiger partial charge in [0.05, 0.1) is 12.8 Å². The second-order valence-corrected chi connectivity index (χ2v) is 6.74. The van der Waals surface area contributed by atoms with Crippen LogP contribution < -0.4 is 20.3 Å². The van der Waals surface area contributed by atoms with E-state index in [9.17, 15) is 0 Å². The van der Waals surface area contributed by atoms with Crippen molar-refractivity contribution >= 4 is 47.2 Å². The SMILES string of the molecule is CN=C(NCc1ccccc1)NC1CCN(c2cc(Cl)ccc2OC)C1.I. The Morgan fingerprint density at radius 1 is 1.26 bits per heavy atom. The summed E-state index contributed by atoms with van der Waals surface area (Å²) < 4.78 is 5.48. The first-order valence-corrected chi connectivity index (χ1v) is 9.17. The predicted octanol–water partition coefficient (Wildman–Crippen LogP) is 3.91. The van der Waals surface area contributed by atoms with E-state index in [1.54, 1.807) is 14.2 Å². The molecule has 3 rings (SSSR count). The first-order chi connectivity index (χ1) is 12.7. The summed E-state index contributed by atoms with van der Waals surface area (Å²) in [4.78, 5) is 6.64. The number of nitrogens with one attached hydrogen (secondary N) is 2. The standard InChI is InChI=1S/C20H25ClN4O.HI/c1-22-20(23-13-15-6-4-3-5-7-15)24-17-10-11-25(14-17)18-12-16(21)8-9-19(18)26-2;/h3-9,12,17H,10-11,13-14H2,1-2H3,(H2,22,23,24);1H. The number of rotatable bonds is 5. The third-order valence-electron chi connectivity index (χ3n) is 4.54. The molecule has 0 radical (unpaired) electrons. The van der Waals surface area contributed by atoms with Crippen LogP contribution in [0.1, 0.15) is 12.0 Å². The third kappa shape index (κ3) is 5.90. The van der Waals surface area contributed by atoms with Crippen LogP contribution in [0.5, 0.6) is 5.75 Å². The molecule has 1 heterocycles. The maximum absolute atomic E-state index is 6.17. The van der Waals surface area contributed by atoms with Crippen LogP contribution in [0, 0.1) is 0 Å². The molecule has 5 nitrogen and oxygen atoms in total. The van der Waals surface area contributed by atoms with Crippen LogP contribution >= 0.6 is 35.6 Å². The lowest BCUT2D eigenvalue weighted by molar-refractivity contribution is 0.415. The van der Waals surface area contributed by atoms with Crippen molar-refractivity contribution in [2.75, 3.05) is 32.1 Å². The molecule has 0 aliphatic carbocycles. The van der Waals surface area contributed by atoms with Gasteiger partial charge in [-0.05, 0) is 30.2 Å². The van der Waals surface area contributed by atoms with Crippen molar-refractivity contribution in [3.05, 3.63) is 59.1 Å². The van der Waals surface area contributed by atoms with Crippen LogP contribution in [0.4, 0.5) is 5.69 Å². The van der Waals surface area contributed by atoms with Gasteiger partial charge in [0.1, 0.15) is 5.75 Å². The van der Waals surface area contributed by atoms with E-state index in [0.717, 1.165) is 48.5 Å². The van der Waals surface area contributed by atoms with Crippen molar-refractivity contribution in [3.8, 4) is 5.75 Å². The van der Waals surface area contributed by atoms with Crippen LogP contribution in [-0.2, 0) is 6.54 Å². The number of hydrogen-bond donors (Lipinski definition) is 2. The Balaban J connectivity index is 0.00000261. The first-order valence-electron chi connectivity index (χ1n) is 8.79. The quantitative estimate of drug-likeness (QED) is 0.371. The van der Waals surface area contributed by atoms with E-state index in [2.05, 4.69) is 32.7 Å². The third-order valence-corrected chi connectivity index (χ3v) is 4.77. The van der Waals surface area contributed by atoms with Crippen molar-refractivity contribution < 1.29 is 4.74 Å². The van der Waals surface area contributed by atoms with Gasteiger partial charge in [0.2, 0.25) is 0 Å². The minimum Gasteiger partial charge on any atom is -0.495 e. The molecule has 0 bridgehead atoms. The number of hydrogen-bond acceptors (Lipinski definition) is 3. The molecule has 1 saturated heterocycles. The van der Waals surface area contributed by atoms with Gasteiger partial charge in [0.25, 0.3) is 0 Å². The lowest BCUT2D eigenvalue weighted by atomic mass is 10.2. The minimum absolute atomic E-state index is 0. The van der Waals surface area contributed by atoms with Crippen molar-refractivity contribution in [2.24, 2.45) is 4.99 Å². The Bertz CT molecular complexity index is 757. The van der Waals surface area contributed by atoms with Gasteiger partial charge in [0, 0.05) is 37.7 Å². The Morgan fingerprint density at radius 2 is 2.04 bits per heavy atom. The fourth-order valence-electron chi connectivity index (χ4n) is 3.18. The number of methoxy groups -OCH3 is 1. The molecular weight excluding hydrogens is 475 g/mol.